The summed E-state index contributed by atoms with van der Waals surface area (Å²) in [5, 5.41) is 2.99. The van der Waals surface area contributed by atoms with E-state index in [4.69, 9.17) is 0 Å². The second-order valence-corrected chi connectivity index (χ2v) is 8.47. The third-order valence-corrected chi connectivity index (χ3v) is 6.07. The fraction of sp³-hybridized carbons (Fsp3) is 0.938. The maximum absolute atomic E-state index is 12.3. The number of nitrogens with one attached hydrogen (secondary N) is 1. The van der Waals surface area contributed by atoms with Crippen LogP contribution < -0.4 is 5.32 Å². The maximum Gasteiger partial charge on any atom is 0.317 e. The summed E-state index contributed by atoms with van der Waals surface area (Å²) >= 11 is 0. The molecule has 2 fully saturated rings. The Hall–Kier alpha value is -0.580. The molecular formula is C16H30N2O2S. The topological polar surface area (TPSA) is 49.4 Å². The zero-order valence-corrected chi connectivity index (χ0v) is 14.3. The van der Waals surface area contributed by atoms with E-state index in [1.54, 1.807) is 6.26 Å². The molecule has 2 aliphatic rings. The van der Waals surface area contributed by atoms with Crippen molar-refractivity contribution >= 4 is 16.8 Å². The molecule has 122 valence electrons. The molecule has 0 unspecified atom stereocenters. The van der Waals surface area contributed by atoms with Gasteiger partial charge in [0.1, 0.15) is 0 Å². The summed E-state index contributed by atoms with van der Waals surface area (Å²) in [5.41, 5.74) is 0.518. The molecule has 21 heavy (non-hydrogen) atoms. The molecule has 1 aliphatic heterocycles. The zero-order valence-electron chi connectivity index (χ0n) is 13.5. The SMILES string of the molecule is C[C@@H](C[S@](C)=O)NC(=O)N1CCCC2(CCCCC2)CC1. The van der Waals surface area contributed by atoms with Gasteiger partial charge in [0.05, 0.1) is 0 Å². The summed E-state index contributed by atoms with van der Waals surface area (Å²) in [6.45, 7) is 3.68. The largest absolute Gasteiger partial charge is 0.335 e. The van der Waals surface area contributed by atoms with Crippen molar-refractivity contribution in [2.45, 2.75) is 64.3 Å². The van der Waals surface area contributed by atoms with E-state index in [9.17, 15) is 9.00 Å². The molecular weight excluding hydrogens is 284 g/mol. The minimum absolute atomic E-state index is 0.0183. The van der Waals surface area contributed by atoms with Crippen LogP contribution in [-0.2, 0) is 10.8 Å². The van der Waals surface area contributed by atoms with Gasteiger partial charge < -0.3 is 10.2 Å². The third-order valence-electron chi connectivity index (χ3n) is 5.10. The van der Waals surface area contributed by atoms with Crippen LogP contribution in [0.4, 0.5) is 4.79 Å². The van der Waals surface area contributed by atoms with E-state index in [1.807, 2.05) is 11.8 Å². The Morgan fingerprint density at radius 3 is 2.48 bits per heavy atom. The molecule has 1 heterocycles. The van der Waals surface area contributed by atoms with E-state index in [2.05, 4.69) is 5.32 Å². The number of carbonyl (C=O) groups is 1. The van der Waals surface area contributed by atoms with Crippen LogP contribution in [0, 0.1) is 5.41 Å². The molecule has 4 nitrogen and oxygen atoms in total. The minimum atomic E-state index is -0.863. The van der Waals surface area contributed by atoms with Gasteiger partial charge in [0.25, 0.3) is 0 Å². The van der Waals surface area contributed by atoms with E-state index < -0.39 is 10.8 Å². The molecule has 0 bridgehead atoms. The number of urea groups is 1. The smallest absolute Gasteiger partial charge is 0.317 e. The fourth-order valence-corrected chi connectivity index (χ4v) is 4.74. The number of carbonyl (C=O) groups excluding carboxylic acids is 1. The van der Waals surface area contributed by atoms with Gasteiger partial charge in [-0.05, 0) is 44.4 Å². The van der Waals surface area contributed by atoms with Gasteiger partial charge in [0, 0.05) is 41.9 Å². The van der Waals surface area contributed by atoms with Gasteiger partial charge >= 0.3 is 6.03 Å². The summed E-state index contributed by atoms with van der Waals surface area (Å²) in [6, 6.07) is 0.0102. The van der Waals surface area contributed by atoms with Crippen LogP contribution in [0.3, 0.4) is 0 Å². The number of nitrogens with zero attached hydrogens (tertiary/aromatic N) is 1. The standard InChI is InChI=1S/C16H30N2O2S/c1-14(13-21(2)20)17-15(19)18-11-6-9-16(10-12-18)7-4-3-5-8-16/h14H,3-13H2,1-2H3,(H,17,19)/t14-,21-/m0/s1. The van der Waals surface area contributed by atoms with Gasteiger partial charge in [-0.1, -0.05) is 19.3 Å². The summed E-state index contributed by atoms with van der Waals surface area (Å²) in [7, 11) is -0.863. The van der Waals surface area contributed by atoms with E-state index in [1.165, 1.54) is 38.5 Å². The molecule has 1 saturated heterocycles. The lowest BCUT2D eigenvalue weighted by Gasteiger charge is -2.36. The number of amides is 2. The second kappa shape index (κ2) is 7.61. The molecule has 2 amide bonds. The molecule has 1 N–H and O–H groups in total. The van der Waals surface area contributed by atoms with Crippen molar-refractivity contribution in [3.05, 3.63) is 0 Å². The van der Waals surface area contributed by atoms with Gasteiger partial charge in [-0.2, -0.15) is 0 Å². The lowest BCUT2D eigenvalue weighted by atomic mass is 9.69. The first-order chi connectivity index (χ1) is 10.0. The molecule has 0 radical (unpaired) electrons. The van der Waals surface area contributed by atoms with E-state index >= 15 is 0 Å². The highest BCUT2D eigenvalue weighted by Crippen LogP contribution is 2.44. The summed E-state index contributed by atoms with van der Waals surface area (Å²) in [4.78, 5) is 14.3. The van der Waals surface area contributed by atoms with Gasteiger partial charge in [0.15, 0.2) is 0 Å². The molecule has 1 saturated carbocycles. The van der Waals surface area contributed by atoms with Crippen LogP contribution in [0.25, 0.3) is 0 Å². The van der Waals surface area contributed by atoms with Crippen molar-refractivity contribution < 1.29 is 9.00 Å². The Morgan fingerprint density at radius 1 is 1.14 bits per heavy atom. The predicted octanol–water partition coefficient (Wildman–Crippen LogP) is 2.90. The molecule has 2 atom stereocenters. The van der Waals surface area contributed by atoms with Gasteiger partial charge in [-0.15, -0.1) is 0 Å². The van der Waals surface area contributed by atoms with Gasteiger partial charge in [-0.25, -0.2) is 4.79 Å². The lowest BCUT2D eigenvalue weighted by molar-refractivity contribution is 0.157. The fourth-order valence-electron chi connectivity index (χ4n) is 3.95. The van der Waals surface area contributed by atoms with Crippen molar-refractivity contribution in [1.29, 1.82) is 0 Å². The third kappa shape index (κ3) is 4.97. The predicted molar refractivity (Wildman–Crippen MR) is 87.9 cm³/mol. The van der Waals surface area contributed by atoms with Crippen LogP contribution >= 0.6 is 0 Å². The molecule has 1 spiro atoms. The molecule has 5 heteroatoms. The van der Waals surface area contributed by atoms with Crippen LogP contribution in [0.5, 0.6) is 0 Å². The Morgan fingerprint density at radius 2 is 1.81 bits per heavy atom. The van der Waals surface area contributed by atoms with Crippen LogP contribution in [0.2, 0.25) is 0 Å². The Balaban J connectivity index is 1.84. The molecule has 0 aromatic heterocycles. The van der Waals surface area contributed by atoms with Crippen LogP contribution in [0.1, 0.15) is 58.3 Å². The van der Waals surface area contributed by atoms with E-state index in [-0.39, 0.29) is 12.1 Å². The second-order valence-electron chi connectivity index (χ2n) is 6.99. The summed E-state index contributed by atoms with van der Waals surface area (Å²) < 4.78 is 11.2. The van der Waals surface area contributed by atoms with E-state index in [0.717, 1.165) is 25.9 Å². The minimum Gasteiger partial charge on any atom is -0.335 e. The highest BCUT2D eigenvalue weighted by atomic mass is 32.2. The first kappa shape index (κ1) is 16.8. The maximum atomic E-state index is 12.3. The number of rotatable bonds is 3. The van der Waals surface area contributed by atoms with Crippen molar-refractivity contribution in [2.75, 3.05) is 25.1 Å². The lowest BCUT2D eigenvalue weighted by Crippen LogP contribution is -2.46. The first-order valence-electron chi connectivity index (χ1n) is 8.36. The molecule has 2 rings (SSSR count). The zero-order chi connectivity index (χ0) is 15.3. The Bertz CT molecular complexity index is 380. The Labute approximate surface area is 131 Å². The van der Waals surface area contributed by atoms with E-state index in [0.29, 0.717) is 11.2 Å². The van der Waals surface area contributed by atoms with Crippen molar-refractivity contribution in [1.82, 2.24) is 10.2 Å². The first-order valence-corrected chi connectivity index (χ1v) is 10.1. The number of likely N-dealkylation sites (tertiary alicyclic amines) is 1. The molecule has 0 aromatic carbocycles. The molecule has 1 aliphatic carbocycles. The number of hydrogen-bond donors (Lipinski definition) is 1. The Kier molecular flexibility index (Phi) is 6.08. The van der Waals surface area contributed by atoms with Gasteiger partial charge in [0.2, 0.25) is 0 Å². The highest BCUT2D eigenvalue weighted by molar-refractivity contribution is 7.84. The quantitative estimate of drug-likeness (QED) is 0.871. The van der Waals surface area contributed by atoms with Crippen LogP contribution in [-0.4, -0.2) is 46.3 Å². The summed E-state index contributed by atoms with van der Waals surface area (Å²) in [5.74, 6) is 0.531. The monoisotopic (exact) mass is 314 g/mol. The van der Waals surface area contributed by atoms with Crippen molar-refractivity contribution in [3.63, 3.8) is 0 Å². The van der Waals surface area contributed by atoms with Gasteiger partial charge in [-0.3, -0.25) is 4.21 Å². The normalized spacial score (nSPS) is 25.1. The summed E-state index contributed by atoms with van der Waals surface area (Å²) in [6.07, 6.45) is 12.1. The average Bonchev–Trinajstić information content (AvgIpc) is 2.61. The van der Waals surface area contributed by atoms with Crippen LogP contribution in [0.15, 0.2) is 0 Å². The average molecular weight is 314 g/mol. The molecule has 0 aromatic rings. The number of hydrogen-bond acceptors (Lipinski definition) is 2. The highest BCUT2D eigenvalue weighted by Gasteiger charge is 2.34. The van der Waals surface area contributed by atoms with Crippen molar-refractivity contribution in [2.24, 2.45) is 5.41 Å². The van der Waals surface area contributed by atoms with Crippen molar-refractivity contribution in [3.8, 4) is 0 Å².